The van der Waals surface area contributed by atoms with Crippen LogP contribution >= 0.6 is 0 Å². The normalized spacial score (nSPS) is 0. The van der Waals surface area contributed by atoms with Crippen LogP contribution in [0.15, 0.2) is 0 Å². The molecule has 9 valence electrons. The molecule has 0 heterocycles. The molecule has 0 aliphatic carbocycles. The zero-order valence-corrected chi connectivity index (χ0v) is 11.2. The smallest absolute Gasteiger partial charge is 0 e. The van der Waals surface area contributed by atoms with E-state index < -0.39 is 0 Å². The molecular weight excluding hydrogens is 151 g/mol. The van der Waals surface area contributed by atoms with E-state index >= 15 is 0 Å². The molecule has 0 rings (SSSR count). The SMILES string of the molecule is [Ca].[K].[Mg].[Ti]. The third-order valence-electron chi connectivity index (χ3n) is 0. The van der Waals surface area contributed by atoms with Gasteiger partial charge in [-0.05, 0) is 0 Å². The topological polar surface area (TPSA) is 0 Å². The van der Waals surface area contributed by atoms with Crippen molar-refractivity contribution in [1.29, 1.82) is 0 Å². The summed E-state index contributed by atoms with van der Waals surface area (Å²) in [7, 11) is 0. The number of hydrogen-bond donors (Lipinski definition) is 0. The molecule has 0 aliphatic heterocycles. The predicted octanol–water partition coefficient (Wildman–Crippen LogP) is -1.14. The molecular formula is CaKMgTi. The molecule has 0 spiro atoms. The van der Waals surface area contributed by atoms with Crippen LogP contribution < -0.4 is 0 Å². The van der Waals surface area contributed by atoms with Crippen LogP contribution in [0.1, 0.15) is 0 Å². The van der Waals surface area contributed by atoms with Crippen LogP contribution in [0.25, 0.3) is 0 Å². The molecule has 0 amide bonds. The van der Waals surface area contributed by atoms with E-state index in [1.54, 1.807) is 0 Å². The molecule has 0 N–H and O–H groups in total. The molecule has 0 saturated heterocycles. The minimum Gasteiger partial charge on any atom is 0 e. The first kappa shape index (κ1) is 23.8. The van der Waals surface area contributed by atoms with Gasteiger partial charge in [0.25, 0.3) is 0 Å². The van der Waals surface area contributed by atoms with Crippen LogP contribution in [0.2, 0.25) is 0 Å². The second-order valence-electron chi connectivity index (χ2n) is 0. The first-order valence-corrected chi connectivity index (χ1v) is 0. The molecule has 4 heteroatoms. The average molecular weight is 151 g/mol. The largest absolute Gasteiger partial charge is 0 e. The molecule has 5 radical (unpaired) electrons. The first-order chi connectivity index (χ1) is 0. The molecule has 0 fully saturated rings. The third kappa shape index (κ3) is 9.62. The van der Waals surface area contributed by atoms with Crippen LogP contribution in [-0.4, -0.2) is 112 Å². The van der Waals surface area contributed by atoms with Gasteiger partial charge < -0.3 is 0 Å². The van der Waals surface area contributed by atoms with Crippen molar-refractivity contribution in [3.05, 3.63) is 0 Å². The maximum atomic E-state index is 0. The van der Waals surface area contributed by atoms with E-state index in [1.807, 2.05) is 0 Å². The van der Waals surface area contributed by atoms with E-state index in [0.29, 0.717) is 0 Å². The van der Waals surface area contributed by atoms with E-state index in [-0.39, 0.29) is 134 Å². The maximum Gasteiger partial charge on any atom is 0 e. The number of hydrogen-bond acceptors (Lipinski definition) is 0. The monoisotopic (exact) mass is 151 g/mol. The van der Waals surface area contributed by atoms with Gasteiger partial charge in [-0.2, -0.15) is 0 Å². The van der Waals surface area contributed by atoms with Crippen LogP contribution in [0.4, 0.5) is 0 Å². The second kappa shape index (κ2) is 15.7. The molecule has 0 aliphatic rings. The Labute approximate surface area is 130 Å². The number of rotatable bonds is 0. The molecule has 0 aromatic rings. The predicted molar refractivity (Wildman–Crippen MR) is 17.3 cm³/mol. The Kier molecular flexibility index (Phi) is 93.2. The Morgan fingerprint density at radius 2 is 1.00 bits per heavy atom. The van der Waals surface area contributed by atoms with Crippen LogP contribution in [0.5, 0.6) is 0 Å². The maximum absolute atomic E-state index is 0. The van der Waals surface area contributed by atoms with Crippen molar-refractivity contribution in [3.8, 4) is 0 Å². The summed E-state index contributed by atoms with van der Waals surface area (Å²) < 4.78 is 0. The van der Waals surface area contributed by atoms with Crippen molar-refractivity contribution >= 4 is 112 Å². The Bertz CT molecular complexity index is 8.00. The zero-order chi connectivity index (χ0) is 0. The summed E-state index contributed by atoms with van der Waals surface area (Å²) in [6.45, 7) is 0. The quantitative estimate of drug-likeness (QED) is 0.384. The second-order valence-corrected chi connectivity index (χ2v) is 0. The van der Waals surface area contributed by atoms with Gasteiger partial charge in [-0.1, -0.05) is 0 Å². The van der Waals surface area contributed by atoms with Gasteiger partial charge in [0.1, 0.15) is 0 Å². The van der Waals surface area contributed by atoms with Crippen LogP contribution in [-0.2, 0) is 21.7 Å². The average Bonchev–Trinajstić information content (AvgIpc) is 0. The van der Waals surface area contributed by atoms with Crippen molar-refractivity contribution in [1.82, 2.24) is 0 Å². The van der Waals surface area contributed by atoms with Gasteiger partial charge >= 0.3 is 0 Å². The van der Waals surface area contributed by atoms with Gasteiger partial charge in [0.05, 0.1) is 0 Å². The van der Waals surface area contributed by atoms with Gasteiger partial charge in [-0.15, -0.1) is 0 Å². The van der Waals surface area contributed by atoms with E-state index in [4.69, 9.17) is 0 Å². The Morgan fingerprint density at radius 3 is 1.00 bits per heavy atom. The molecule has 0 saturated carbocycles. The fraction of sp³-hybridized carbons (Fsp3) is 0. The van der Waals surface area contributed by atoms with E-state index in [2.05, 4.69) is 0 Å². The summed E-state index contributed by atoms with van der Waals surface area (Å²) in [6, 6.07) is 0. The molecule has 0 aromatic heterocycles. The molecule has 0 unspecified atom stereocenters. The third-order valence-corrected chi connectivity index (χ3v) is 0. The van der Waals surface area contributed by atoms with Crippen molar-refractivity contribution in [2.75, 3.05) is 0 Å². The van der Waals surface area contributed by atoms with E-state index in [9.17, 15) is 0 Å². The van der Waals surface area contributed by atoms with Gasteiger partial charge in [0, 0.05) is 134 Å². The summed E-state index contributed by atoms with van der Waals surface area (Å²) >= 11 is 0. The van der Waals surface area contributed by atoms with E-state index in [1.165, 1.54) is 0 Å². The fourth-order valence-corrected chi connectivity index (χ4v) is 0. The molecule has 0 atom stereocenters. The van der Waals surface area contributed by atoms with E-state index in [0.717, 1.165) is 0 Å². The van der Waals surface area contributed by atoms with Gasteiger partial charge in [0.2, 0.25) is 0 Å². The Balaban J connectivity index is 0. The summed E-state index contributed by atoms with van der Waals surface area (Å²) in [6.07, 6.45) is 0. The zero-order valence-electron chi connectivity index (χ0n) is 2.91. The Morgan fingerprint density at radius 1 is 1.00 bits per heavy atom. The summed E-state index contributed by atoms with van der Waals surface area (Å²) in [5.74, 6) is 0. The molecule has 4 heavy (non-hydrogen) atoms. The Hall–Kier alpha value is 4.38. The fourth-order valence-electron chi connectivity index (χ4n) is 0. The molecule has 0 bridgehead atoms. The van der Waals surface area contributed by atoms with Gasteiger partial charge in [-0.25, -0.2) is 0 Å². The minimum absolute atomic E-state index is 0. The molecule has 0 nitrogen and oxygen atoms in total. The van der Waals surface area contributed by atoms with Crippen molar-refractivity contribution in [2.45, 2.75) is 0 Å². The summed E-state index contributed by atoms with van der Waals surface area (Å²) in [5, 5.41) is 0. The van der Waals surface area contributed by atoms with Crippen LogP contribution in [0, 0.1) is 0 Å². The van der Waals surface area contributed by atoms with Crippen molar-refractivity contribution in [2.24, 2.45) is 0 Å². The van der Waals surface area contributed by atoms with Gasteiger partial charge in [0.15, 0.2) is 0 Å². The minimum atomic E-state index is 0. The summed E-state index contributed by atoms with van der Waals surface area (Å²) in [4.78, 5) is 0. The van der Waals surface area contributed by atoms with Crippen molar-refractivity contribution in [3.63, 3.8) is 0 Å². The standard InChI is InChI=1S/Ca.K.Mg.Ti. The van der Waals surface area contributed by atoms with Crippen LogP contribution in [0.3, 0.4) is 0 Å². The molecule has 0 aromatic carbocycles. The van der Waals surface area contributed by atoms with Crippen molar-refractivity contribution < 1.29 is 21.7 Å². The summed E-state index contributed by atoms with van der Waals surface area (Å²) in [5.41, 5.74) is 0. The van der Waals surface area contributed by atoms with Gasteiger partial charge in [-0.3, -0.25) is 0 Å². The first-order valence-electron chi connectivity index (χ1n) is 0.